The smallest absolute Gasteiger partial charge is 0.248 e. The van der Waals surface area contributed by atoms with Gasteiger partial charge in [0.25, 0.3) is 0 Å². The van der Waals surface area contributed by atoms with Gasteiger partial charge in [-0.2, -0.15) is 0 Å². The Bertz CT molecular complexity index is 651. The van der Waals surface area contributed by atoms with Crippen LogP contribution >= 0.6 is 0 Å². The maximum atomic E-state index is 11.2. The Morgan fingerprint density at radius 1 is 1.13 bits per heavy atom. The van der Waals surface area contributed by atoms with Gasteiger partial charge in [0.15, 0.2) is 0 Å². The molecule has 23 heavy (non-hydrogen) atoms. The molecule has 0 heterocycles. The molecule has 0 saturated carbocycles. The molecule has 0 spiro atoms. The summed E-state index contributed by atoms with van der Waals surface area (Å²) in [6.45, 7) is 6.80. The third-order valence-electron chi connectivity index (χ3n) is 3.58. The van der Waals surface area contributed by atoms with E-state index in [9.17, 15) is 4.79 Å². The van der Waals surface area contributed by atoms with Crippen LogP contribution in [-0.2, 0) is 6.54 Å². The molecule has 0 radical (unpaired) electrons. The van der Waals surface area contributed by atoms with E-state index in [1.165, 1.54) is 5.56 Å². The number of hydrogen-bond acceptors (Lipinski definition) is 3. The number of carbonyl (C=O) groups excluding carboxylic acids is 1. The van der Waals surface area contributed by atoms with Gasteiger partial charge in [0.2, 0.25) is 5.91 Å². The molecular weight excluding hydrogens is 288 g/mol. The van der Waals surface area contributed by atoms with Crippen molar-refractivity contribution in [3.8, 4) is 5.75 Å². The zero-order valence-electron chi connectivity index (χ0n) is 13.9. The lowest BCUT2D eigenvalue weighted by atomic mass is 10.1. The van der Waals surface area contributed by atoms with E-state index >= 15 is 0 Å². The van der Waals surface area contributed by atoms with Crippen LogP contribution in [0.25, 0.3) is 0 Å². The minimum atomic E-state index is -0.402. The number of ether oxygens (including phenoxy) is 1. The number of primary amides is 1. The van der Waals surface area contributed by atoms with Crippen molar-refractivity contribution in [2.45, 2.75) is 39.5 Å². The third-order valence-corrected chi connectivity index (χ3v) is 3.58. The summed E-state index contributed by atoms with van der Waals surface area (Å²) >= 11 is 0. The molecule has 4 heteroatoms. The number of benzene rings is 2. The Morgan fingerprint density at radius 3 is 2.43 bits per heavy atom. The lowest BCUT2D eigenvalue weighted by Crippen LogP contribution is -2.19. The third kappa shape index (κ3) is 5.11. The van der Waals surface area contributed by atoms with Gasteiger partial charge in [-0.25, -0.2) is 0 Å². The Kier molecular flexibility index (Phi) is 5.77. The number of hydrogen-bond donors (Lipinski definition) is 2. The molecule has 0 aliphatic rings. The van der Waals surface area contributed by atoms with E-state index in [0.717, 1.165) is 11.3 Å². The van der Waals surface area contributed by atoms with Crippen molar-refractivity contribution in [2.24, 2.45) is 5.73 Å². The maximum absolute atomic E-state index is 11.2. The molecule has 0 aliphatic heterocycles. The number of nitrogens with one attached hydrogen (secondary N) is 1. The molecule has 1 atom stereocenters. The Morgan fingerprint density at radius 2 is 1.83 bits per heavy atom. The number of nitrogens with two attached hydrogens (primary N) is 1. The molecule has 0 aliphatic carbocycles. The average molecular weight is 312 g/mol. The predicted octanol–water partition coefficient (Wildman–Crippen LogP) is 3.42. The summed E-state index contributed by atoms with van der Waals surface area (Å²) in [6.07, 6.45) is 0.175. The largest absolute Gasteiger partial charge is 0.491 e. The quantitative estimate of drug-likeness (QED) is 0.823. The van der Waals surface area contributed by atoms with E-state index in [2.05, 4.69) is 24.4 Å². The Balaban J connectivity index is 1.95. The van der Waals surface area contributed by atoms with Gasteiger partial charge in [-0.1, -0.05) is 24.3 Å². The average Bonchev–Trinajstić information content (AvgIpc) is 2.53. The van der Waals surface area contributed by atoms with Crippen molar-refractivity contribution in [1.29, 1.82) is 0 Å². The van der Waals surface area contributed by atoms with E-state index in [1.807, 2.05) is 44.2 Å². The first kappa shape index (κ1) is 17.0. The van der Waals surface area contributed by atoms with Crippen LogP contribution in [0.15, 0.2) is 48.5 Å². The second-order valence-electron chi connectivity index (χ2n) is 5.90. The predicted molar refractivity (Wildman–Crippen MR) is 92.4 cm³/mol. The van der Waals surface area contributed by atoms with E-state index in [1.54, 1.807) is 6.07 Å². The van der Waals surface area contributed by atoms with E-state index in [0.29, 0.717) is 12.1 Å². The molecule has 1 amide bonds. The molecule has 2 rings (SSSR count). The van der Waals surface area contributed by atoms with Crippen molar-refractivity contribution in [2.75, 3.05) is 0 Å². The summed E-state index contributed by atoms with van der Waals surface area (Å²) in [5.74, 6) is 0.478. The van der Waals surface area contributed by atoms with E-state index in [-0.39, 0.29) is 12.1 Å². The summed E-state index contributed by atoms with van der Waals surface area (Å²) in [5.41, 5.74) is 8.06. The zero-order valence-corrected chi connectivity index (χ0v) is 13.9. The normalized spacial score (nSPS) is 12.2. The molecule has 1 unspecified atom stereocenters. The summed E-state index contributed by atoms with van der Waals surface area (Å²) < 4.78 is 5.65. The van der Waals surface area contributed by atoms with Crippen molar-refractivity contribution in [3.63, 3.8) is 0 Å². The summed E-state index contributed by atoms with van der Waals surface area (Å²) in [5, 5.41) is 3.45. The van der Waals surface area contributed by atoms with Gasteiger partial charge in [-0.15, -0.1) is 0 Å². The van der Waals surface area contributed by atoms with Crippen LogP contribution in [-0.4, -0.2) is 12.0 Å². The highest BCUT2D eigenvalue weighted by atomic mass is 16.5. The van der Waals surface area contributed by atoms with Crippen LogP contribution in [0, 0.1) is 0 Å². The molecule has 2 aromatic carbocycles. The first-order valence-electron chi connectivity index (χ1n) is 7.84. The van der Waals surface area contributed by atoms with Gasteiger partial charge in [0.05, 0.1) is 6.10 Å². The van der Waals surface area contributed by atoms with Gasteiger partial charge in [0.1, 0.15) is 5.75 Å². The molecule has 0 saturated heterocycles. The number of rotatable bonds is 7. The molecule has 122 valence electrons. The van der Waals surface area contributed by atoms with Gasteiger partial charge in [0, 0.05) is 18.2 Å². The summed E-state index contributed by atoms with van der Waals surface area (Å²) in [6, 6.07) is 15.7. The van der Waals surface area contributed by atoms with Crippen LogP contribution in [0.2, 0.25) is 0 Å². The molecule has 2 aromatic rings. The standard InChI is InChI=1S/C19H24N2O2/c1-13(2)23-18-9-7-16(8-10-18)14(3)21-12-15-5-4-6-17(11-15)19(20)22/h4-11,13-14,21H,12H2,1-3H3,(H2,20,22). The topological polar surface area (TPSA) is 64.3 Å². The second-order valence-corrected chi connectivity index (χ2v) is 5.90. The SMILES string of the molecule is CC(C)Oc1ccc(C(C)NCc2cccc(C(N)=O)c2)cc1. The Hall–Kier alpha value is -2.33. The minimum Gasteiger partial charge on any atom is -0.491 e. The zero-order chi connectivity index (χ0) is 16.8. The lowest BCUT2D eigenvalue weighted by molar-refractivity contribution is 0.1000. The first-order chi connectivity index (χ1) is 11.0. The van der Waals surface area contributed by atoms with Crippen LogP contribution in [0.4, 0.5) is 0 Å². The van der Waals surface area contributed by atoms with Crippen molar-refractivity contribution < 1.29 is 9.53 Å². The van der Waals surface area contributed by atoms with Crippen LogP contribution in [0.5, 0.6) is 5.75 Å². The highest BCUT2D eigenvalue weighted by molar-refractivity contribution is 5.92. The minimum absolute atomic E-state index is 0.175. The van der Waals surface area contributed by atoms with Crippen molar-refractivity contribution in [3.05, 3.63) is 65.2 Å². The lowest BCUT2D eigenvalue weighted by Gasteiger charge is -2.16. The van der Waals surface area contributed by atoms with Gasteiger partial charge in [-0.05, 0) is 56.2 Å². The van der Waals surface area contributed by atoms with Crippen LogP contribution < -0.4 is 15.8 Å². The molecule has 0 fully saturated rings. The van der Waals surface area contributed by atoms with Crippen molar-refractivity contribution >= 4 is 5.91 Å². The van der Waals surface area contributed by atoms with Gasteiger partial charge < -0.3 is 15.8 Å². The highest BCUT2D eigenvalue weighted by Gasteiger charge is 2.07. The fraction of sp³-hybridized carbons (Fsp3) is 0.316. The van der Waals surface area contributed by atoms with E-state index in [4.69, 9.17) is 10.5 Å². The first-order valence-corrected chi connectivity index (χ1v) is 7.84. The summed E-state index contributed by atoms with van der Waals surface area (Å²) in [4.78, 5) is 11.2. The van der Waals surface area contributed by atoms with E-state index < -0.39 is 5.91 Å². The molecule has 0 aromatic heterocycles. The van der Waals surface area contributed by atoms with Gasteiger partial charge in [-0.3, -0.25) is 4.79 Å². The molecule has 4 nitrogen and oxygen atoms in total. The molecule has 0 bridgehead atoms. The van der Waals surface area contributed by atoms with Crippen molar-refractivity contribution in [1.82, 2.24) is 5.32 Å². The fourth-order valence-corrected chi connectivity index (χ4v) is 2.33. The maximum Gasteiger partial charge on any atom is 0.248 e. The molecule has 3 N–H and O–H groups in total. The van der Waals surface area contributed by atoms with Gasteiger partial charge >= 0.3 is 0 Å². The molecular formula is C19H24N2O2. The highest BCUT2D eigenvalue weighted by Crippen LogP contribution is 2.19. The van der Waals surface area contributed by atoms with Crippen LogP contribution in [0.1, 0.15) is 48.3 Å². The summed E-state index contributed by atoms with van der Waals surface area (Å²) in [7, 11) is 0. The Labute approximate surface area is 137 Å². The monoisotopic (exact) mass is 312 g/mol. The second kappa shape index (κ2) is 7.79. The fourth-order valence-electron chi connectivity index (χ4n) is 2.33. The number of carbonyl (C=O) groups is 1. The number of amides is 1. The van der Waals surface area contributed by atoms with Crippen LogP contribution in [0.3, 0.4) is 0 Å².